The van der Waals surface area contributed by atoms with E-state index < -0.39 is 0 Å². The Labute approximate surface area is 107 Å². The molecule has 1 fully saturated rings. The van der Waals surface area contributed by atoms with Gasteiger partial charge in [0.25, 0.3) is 0 Å². The zero-order valence-corrected chi connectivity index (χ0v) is 10.5. The highest BCUT2D eigenvalue weighted by atomic mass is 19.1. The van der Waals surface area contributed by atoms with Crippen LogP contribution in [0, 0.1) is 11.7 Å². The lowest BCUT2D eigenvalue weighted by Gasteiger charge is -2.24. The van der Waals surface area contributed by atoms with Crippen LogP contribution in [0.1, 0.15) is 42.9 Å². The van der Waals surface area contributed by atoms with Crippen molar-refractivity contribution in [3.05, 3.63) is 35.1 Å². The molecular weight excluding hydrogens is 229 g/mol. The molecule has 0 bridgehead atoms. The minimum atomic E-state index is -0.136. The molecule has 2 aliphatic rings. The Morgan fingerprint density at radius 3 is 3.00 bits per heavy atom. The Morgan fingerprint density at radius 1 is 1.28 bits per heavy atom. The van der Waals surface area contributed by atoms with Crippen LogP contribution in [0.15, 0.2) is 18.2 Å². The second kappa shape index (κ2) is 4.98. The molecule has 1 aromatic carbocycles. The van der Waals surface area contributed by atoms with Gasteiger partial charge in [-0.2, -0.15) is 0 Å². The van der Waals surface area contributed by atoms with Gasteiger partial charge < -0.3 is 10.4 Å². The lowest BCUT2D eigenvalue weighted by atomic mass is 10.0. The Balaban J connectivity index is 1.73. The Hall–Kier alpha value is -0.930. The van der Waals surface area contributed by atoms with Gasteiger partial charge >= 0.3 is 0 Å². The van der Waals surface area contributed by atoms with Crippen LogP contribution in [0.4, 0.5) is 4.39 Å². The van der Waals surface area contributed by atoms with Crippen molar-refractivity contribution in [2.75, 3.05) is 6.61 Å². The predicted molar refractivity (Wildman–Crippen MR) is 68.8 cm³/mol. The van der Waals surface area contributed by atoms with Crippen molar-refractivity contribution in [2.45, 2.75) is 44.2 Å². The van der Waals surface area contributed by atoms with E-state index in [2.05, 4.69) is 5.32 Å². The third-order valence-electron chi connectivity index (χ3n) is 4.49. The Morgan fingerprint density at radius 2 is 2.17 bits per heavy atom. The summed E-state index contributed by atoms with van der Waals surface area (Å²) in [6.07, 6.45) is 5.48. The molecule has 3 unspecified atom stereocenters. The zero-order valence-electron chi connectivity index (χ0n) is 10.5. The van der Waals surface area contributed by atoms with Crippen LogP contribution in [0.5, 0.6) is 0 Å². The van der Waals surface area contributed by atoms with E-state index in [1.807, 2.05) is 6.07 Å². The van der Waals surface area contributed by atoms with E-state index in [4.69, 9.17) is 0 Å². The first-order chi connectivity index (χ1) is 8.78. The SMILES string of the molecule is OCC1CCCC1NC1CCc2cc(F)ccc21. The average molecular weight is 249 g/mol. The number of fused-ring (bicyclic) bond motifs is 1. The molecule has 2 nitrogen and oxygen atoms in total. The number of nitrogens with one attached hydrogen (secondary N) is 1. The largest absolute Gasteiger partial charge is 0.396 e. The second-order valence-electron chi connectivity index (χ2n) is 5.58. The number of hydrogen-bond donors (Lipinski definition) is 2. The first-order valence-electron chi connectivity index (χ1n) is 6.93. The minimum absolute atomic E-state index is 0.136. The molecule has 2 N–H and O–H groups in total. The van der Waals surface area contributed by atoms with E-state index in [9.17, 15) is 9.50 Å². The molecular formula is C15H20FNO. The first-order valence-corrected chi connectivity index (χ1v) is 6.93. The van der Waals surface area contributed by atoms with Crippen LogP contribution in [0.25, 0.3) is 0 Å². The van der Waals surface area contributed by atoms with Crippen molar-refractivity contribution in [1.82, 2.24) is 5.32 Å². The van der Waals surface area contributed by atoms with Crippen molar-refractivity contribution >= 4 is 0 Å². The van der Waals surface area contributed by atoms with Crippen molar-refractivity contribution in [1.29, 1.82) is 0 Å². The quantitative estimate of drug-likeness (QED) is 0.863. The lowest BCUT2D eigenvalue weighted by Crippen LogP contribution is -2.36. The summed E-state index contributed by atoms with van der Waals surface area (Å²) < 4.78 is 13.2. The summed E-state index contributed by atoms with van der Waals surface area (Å²) in [4.78, 5) is 0. The minimum Gasteiger partial charge on any atom is -0.396 e. The van der Waals surface area contributed by atoms with E-state index in [1.165, 1.54) is 12.0 Å². The Kier molecular flexibility index (Phi) is 3.35. The Bertz CT molecular complexity index is 435. The summed E-state index contributed by atoms with van der Waals surface area (Å²) in [6, 6.07) is 5.90. The topological polar surface area (TPSA) is 32.3 Å². The molecule has 0 aromatic heterocycles. The summed E-state index contributed by atoms with van der Waals surface area (Å²) in [5, 5.41) is 13.0. The van der Waals surface area contributed by atoms with E-state index in [1.54, 1.807) is 12.1 Å². The van der Waals surface area contributed by atoms with Crippen LogP contribution in [-0.2, 0) is 6.42 Å². The van der Waals surface area contributed by atoms with Gasteiger partial charge in [0.2, 0.25) is 0 Å². The van der Waals surface area contributed by atoms with E-state index in [0.717, 1.165) is 31.2 Å². The lowest BCUT2D eigenvalue weighted by molar-refractivity contribution is 0.199. The molecule has 3 rings (SSSR count). The van der Waals surface area contributed by atoms with Gasteiger partial charge in [0.15, 0.2) is 0 Å². The molecule has 98 valence electrons. The summed E-state index contributed by atoms with van der Waals surface area (Å²) >= 11 is 0. The van der Waals surface area contributed by atoms with Crippen molar-refractivity contribution in [3.63, 3.8) is 0 Å². The van der Waals surface area contributed by atoms with Crippen LogP contribution < -0.4 is 5.32 Å². The van der Waals surface area contributed by atoms with Gasteiger partial charge in [0, 0.05) is 18.7 Å². The van der Waals surface area contributed by atoms with E-state index in [-0.39, 0.29) is 12.4 Å². The van der Waals surface area contributed by atoms with Gasteiger partial charge in [-0.1, -0.05) is 12.5 Å². The normalized spacial score (nSPS) is 30.7. The standard InChI is InChI=1S/C15H20FNO/c16-12-5-6-13-10(8-12)4-7-15(13)17-14-3-1-2-11(14)9-18/h5-6,8,11,14-15,17-18H,1-4,7,9H2. The molecule has 1 aromatic rings. The highest BCUT2D eigenvalue weighted by Gasteiger charge is 2.31. The number of halogens is 1. The maximum absolute atomic E-state index is 13.2. The van der Waals surface area contributed by atoms with Gasteiger partial charge in [0.05, 0.1) is 0 Å². The van der Waals surface area contributed by atoms with Gasteiger partial charge in [-0.3, -0.25) is 0 Å². The third kappa shape index (κ3) is 2.17. The summed E-state index contributed by atoms with van der Waals surface area (Å²) in [6.45, 7) is 0.278. The smallest absolute Gasteiger partial charge is 0.123 e. The molecule has 3 atom stereocenters. The number of aliphatic hydroxyl groups excluding tert-OH is 1. The first kappa shape index (κ1) is 12.1. The molecule has 0 radical (unpaired) electrons. The summed E-state index contributed by atoms with van der Waals surface area (Å²) in [5.41, 5.74) is 2.39. The average Bonchev–Trinajstić information content (AvgIpc) is 2.96. The maximum Gasteiger partial charge on any atom is 0.123 e. The number of aliphatic hydroxyl groups is 1. The molecule has 0 heterocycles. The van der Waals surface area contributed by atoms with Crippen LogP contribution in [0.3, 0.4) is 0 Å². The van der Waals surface area contributed by atoms with Crippen molar-refractivity contribution in [2.24, 2.45) is 5.92 Å². The van der Waals surface area contributed by atoms with Crippen LogP contribution >= 0.6 is 0 Å². The number of aryl methyl sites for hydroxylation is 1. The number of rotatable bonds is 3. The zero-order chi connectivity index (χ0) is 12.5. The van der Waals surface area contributed by atoms with Gasteiger partial charge in [0.1, 0.15) is 5.82 Å². The molecule has 0 saturated heterocycles. The molecule has 3 heteroatoms. The van der Waals surface area contributed by atoms with Crippen molar-refractivity contribution in [3.8, 4) is 0 Å². The van der Waals surface area contributed by atoms with Crippen LogP contribution in [0.2, 0.25) is 0 Å². The van der Waals surface area contributed by atoms with Gasteiger partial charge in [-0.05, 0) is 54.9 Å². The molecule has 18 heavy (non-hydrogen) atoms. The molecule has 0 aliphatic heterocycles. The molecule has 2 aliphatic carbocycles. The number of benzene rings is 1. The molecule has 0 amide bonds. The maximum atomic E-state index is 13.2. The van der Waals surface area contributed by atoms with Gasteiger partial charge in [-0.15, -0.1) is 0 Å². The fourth-order valence-electron chi connectivity index (χ4n) is 3.49. The van der Waals surface area contributed by atoms with E-state index in [0.29, 0.717) is 18.0 Å². The van der Waals surface area contributed by atoms with Crippen molar-refractivity contribution < 1.29 is 9.50 Å². The van der Waals surface area contributed by atoms with E-state index >= 15 is 0 Å². The predicted octanol–water partition coefficient (Wildman–Crippen LogP) is 2.56. The highest BCUT2D eigenvalue weighted by molar-refractivity contribution is 5.35. The molecule has 0 spiro atoms. The monoisotopic (exact) mass is 249 g/mol. The fraction of sp³-hybridized carbons (Fsp3) is 0.600. The summed E-state index contributed by atoms with van der Waals surface area (Å²) in [7, 11) is 0. The second-order valence-corrected chi connectivity index (χ2v) is 5.58. The van der Waals surface area contributed by atoms with Gasteiger partial charge in [-0.25, -0.2) is 4.39 Å². The third-order valence-corrected chi connectivity index (χ3v) is 4.49. The fourth-order valence-corrected chi connectivity index (χ4v) is 3.49. The molecule has 1 saturated carbocycles. The number of hydrogen-bond acceptors (Lipinski definition) is 2. The summed E-state index contributed by atoms with van der Waals surface area (Å²) in [5.74, 6) is 0.262. The van der Waals surface area contributed by atoms with Crippen LogP contribution in [-0.4, -0.2) is 17.8 Å². The highest BCUT2D eigenvalue weighted by Crippen LogP contribution is 2.34.